The van der Waals surface area contributed by atoms with Gasteiger partial charge >= 0.3 is 0 Å². The zero-order valence-electron chi connectivity index (χ0n) is 15.7. The van der Waals surface area contributed by atoms with E-state index in [0.29, 0.717) is 39.9 Å². The number of aryl methyl sites for hydroxylation is 2. The second kappa shape index (κ2) is 6.59. The lowest BCUT2D eigenvalue weighted by Gasteiger charge is -2.10. The lowest BCUT2D eigenvalue weighted by Crippen LogP contribution is -2.15. The lowest BCUT2D eigenvalue weighted by molar-refractivity contribution is 0.101. The molecule has 2 heterocycles. The van der Waals surface area contributed by atoms with E-state index >= 15 is 0 Å². The molecule has 1 aliphatic rings. The maximum absolute atomic E-state index is 13.2. The average molecular weight is 400 g/mol. The molecule has 2 N–H and O–H groups in total. The molecular weight excluding hydrogens is 380 g/mol. The number of Topliss-reactive ketones (excluding diaryl/α,β-unsaturated/α-hetero) is 1. The number of aromatic amines is 1. The molecule has 9 heteroatoms. The van der Waals surface area contributed by atoms with Gasteiger partial charge in [0.2, 0.25) is 0 Å². The highest BCUT2D eigenvalue weighted by molar-refractivity contribution is 7.93. The number of ketones is 1. The summed E-state index contributed by atoms with van der Waals surface area (Å²) in [5.41, 5.74) is 2.19. The van der Waals surface area contributed by atoms with Gasteiger partial charge in [-0.15, -0.1) is 0 Å². The zero-order valence-corrected chi connectivity index (χ0v) is 16.6. The van der Waals surface area contributed by atoms with Crippen molar-refractivity contribution in [2.75, 3.05) is 4.72 Å². The minimum absolute atomic E-state index is 0.0595. The van der Waals surface area contributed by atoms with Crippen LogP contribution in [0.3, 0.4) is 0 Å². The Kier molecular flexibility index (Phi) is 4.34. The fraction of sp³-hybridized carbons (Fsp3) is 0.316. The van der Waals surface area contributed by atoms with Crippen molar-refractivity contribution in [3.63, 3.8) is 0 Å². The maximum atomic E-state index is 13.2. The molecule has 0 atom stereocenters. The summed E-state index contributed by atoms with van der Waals surface area (Å²) < 4.78 is 34.2. The van der Waals surface area contributed by atoms with Gasteiger partial charge in [0, 0.05) is 28.6 Å². The van der Waals surface area contributed by atoms with Crippen LogP contribution >= 0.6 is 0 Å². The molecule has 2 aromatic heterocycles. The lowest BCUT2D eigenvalue weighted by atomic mass is 10.1. The number of nitrogens with one attached hydrogen (secondary N) is 2. The predicted octanol–water partition coefficient (Wildman–Crippen LogP) is 3.56. The Hall–Kier alpha value is -2.94. The van der Waals surface area contributed by atoms with Gasteiger partial charge in [-0.05, 0) is 45.7 Å². The molecule has 1 fully saturated rings. The van der Waals surface area contributed by atoms with Crippen LogP contribution in [0.15, 0.2) is 33.7 Å². The van der Waals surface area contributed by atoms with E-state index in [1.54, 1.807) is 32.0 Å². The highest BCUT2D eigenvalue weighted by Gasteiger charge is 2.33. The highest BCUT2D eigenvalue weighted by Crippen LogP contribution is 2.40. The average Bonchev–Trinajstić information content (AvgIpc) is 3.27. The number of anilines is 1. The standard InChI is InChI=1S/C19H20N4O4S/c1-10-16(19-21-18(22-27-19)13-7-8-13)17(11(2)20-10)28(25,26)23-15-6-4-5-14(9-15)12(3)24/h4-6,9,13,20,23H,7-8H2,1-3H3. The number of nitrogens with zero attached hydrogens (tertiary/aromatic N) is 2. The van der Waals surface area contributed by atoms with Crippen molar-refractivity contribution in [1.29, 1.82) is 0 Å². The third-order valence-corrected chi connectivity index (χ3v) is 6.26. The molecule has 1 saturated carbocycles. The number of rotatable bonds is 6. The first kappa shape index (κ1) is 18.4. The van der Waals surface area contributed by atoms with Gasteiger partial charge in [0.15, 0.2) is 11.6 Å². The van der Waals surface area contributed by atoms with Crippen LogP contribution in [0.4, 0.5) is 5.69 Å². The van der Waals surface area contributed by atoms with Crippen LogP contribution in [0.1, 0.15) is 53.3 Å². The van der Waals surface area contributed by atoms with Gasteiger partial charge < -0.3 is 9.51 Å². The Labute approximate surface area is 162 Å². The Morgan fingerprint density at radius 2 is 2.00 bits per heavy atom. The van der Waals surface area contributed by atoms with Crippen molar-refractivity contribution >= 4 is 21.5 Å². The van der Waals surface area contributed by atoms with Crippen LogP contribution in [0.5, 0.6) is 0 Å². The summed E-state index contributed by atoms with van der Waals surface area (Å²) >= 11 is 0. The largest absolute Gasteiger partial charge is 0.361 e. The van der Waals surface area contributed by atoms with E-state index < -0.39 is 10.0 Å². The number of hydrogen-bond acceptors (Lipinski definition) is 6. The molecular formula is C19H20N4O4S. The Bertz CT molecular complexity index is 1170. The van der Waals surface area contributed by atoms with Gasteiger partial charge in [-0.1, -0.05) is 17.3 Å². The number of carbonyl (C=O) groups excluding carboxylic acids is 1. The van der Waals surface area contributed by atoms with Crippen molar-refractivity contribution in [2.24, 2.45) is 0 Å². The van der Waals surface area contributed by atoms with E-state index in [1.807, 2.05) is 0 Å². The number of hydrogen-bond donors (Lipinski definition) is 2. The Morgan fingerprint density at radius 1 is 1.25 bits per heavy atom. The molecule has 146 valence electrons. The van der Waals surface area contributed by atoms with Gasteiger partial charge in [-0.25, -0.2) is 8.42 Å². The van der Waals surface area contributed by atoms with E-state index in [1.165, 1.54) is 13.0 Å². The topological polar surface area (TPSA) is 118 Å². The molecule has 1 aromatic carbocycles. The van der Waals surface area contributed by atoms with Crippen LogP contribution in [-0.4, -0.2) is 29.3 Å². The SMILES string of the molecule is CC(=O)c1cccc(NS(=O)(=O)c2c(C)[nH]c(C)c2-c2nc(C3CC3)no2)c1. The third-order valence-electron chi connectivity index (χ3n) is 4.71. The first-order valence-corrected chi connectivity index (χ1v) is 10.4. The monoisotopic (exact) mass is 400 g/mol. The second-order valence-corrected chi connectivity index (χ2v) is 8.67. The number of sulfonamides is 1. The second-order valence-electron chi connectivity index (χ2n) is 7.05. The molecule has 3 aromatic rings. The van der Waals surface area contributed by atoms with Crippen LogP contribution in [0.25, 0.3) is 11.5 Å². The number of benzene rings is 1. The first-order valence-electron chi connectivity index (χ1n) is 8.93. The summed E-state index contributed by atoms with van der Waals surface area (Å²) in [6, 6.07) is 6.36. The minimum Gasteiger partial charge on any atom is -0.361 e. The van der Waals surface area contributed by atoms with Crippen LogP contribution in [-0.2, 0) is 10.0 Å². The molecule has 28 heavy (non-hydrogen) atoms. The molecule has 4 rings (SSSR count). The van der Waals surface area contributed by atoms with E-state index in [4.69, 9.17) is 4.52 Å². The van der Waals surface area contributed by atoms with Crippen molar-refractivity contribution in [3.8, 4) is 11.5 Å². The molecule has 0 aliphatic heterocycles. The zero-order chi connectivity index (χ0) is 20.1. The summed E-state index contributed by atoms with van der Waals surface area (Å²) in [6.07, 6.45) is 2.03. The van der Waals surface area contributed by atoms with Crippen molar-refractivity contribution < 1.29 is 17.7 Å². The van der Waals surface area contributed by atoms with Crippen LogP contribution in [0.2, 0.25) is 0 Å². The molecule has 1 aliphatic carbocycles. The van der Waals surface area contributed by atoms with E-state index in [0.717, 1.165) is 12.8 Å². The first-order chi connectivity index (χ1) is 13.3. The van der Waals surface area contributed by atoms with Crippen molar-refractivity contribution in [3.05, 3.63) is 47.0 Å². The summed E-state index contributed by atoms with van der Waals surface area (Å²) in [7, 11) is -3.96. The quantitative estimate of drug-likeness (QED) is 0.611. The van der Waals surface area contributed by atoms with Crippen LogP contribution < -0.4 is 4.72 Å². The maximum Gasteiger partial charge on any atom is 0.264 e. The van der Waals surface area contributed by atoms with Crippen molar-refractivity contribution in [1.82, 2.24) is 15.1 Å². The predicted molar refractivity (Wildman–Crippen MR) is 103 cm³/mol. The summed E-state index contributed by atoms with van der Waals surface area (Å²) in [6.45, 7) is 4.87. The van der Waals surface area contributed by atoms with Crippen LogP contribution in [0, 0.1) is 13.8 Å². The van der Waals surface area contributed by atoms with E-state index in [9.17, 15) is 13.2 Å². The fourth-order valence-corrected chi connectivity index (χ4v) is 4.71. The number of aromatic nitrogens is 3. The van der Waals surface area contributed by atoms with Gasteiger partial charge in [-0.3, -0.25) is 9.52 Å². The van der Waals surface area contributed by atoms with E-state index in [-0.39, 0.29) is 16.6 Å². The van der Waals surface area contributed by atoms with Gasteiger partial charge in [0.05, 0.1) is 5.56 Å². The molecule has 0 saturated heterocycles. The summed E-state index contributed by atoms with van der Waals surface area (Å²) in [4.78, 5) is 19.1. The third kappa shape index (κ3) is 3.33. The molecule has 0 amide bonds. The molecule has 0 bridgehead atoms. The Morgan fingerprint density at radius 3 is 2.68 bits per heavy atom. The molecule has 0 radical (unpaired) electrons. The molecule has 0 unspecified atom stereocenters. The minimum atomic E-state index is -3.96. The summed E-state index contributed by atoms with van der Waals surface area (Å²) in [5, 5.41) is 3.99. The number of H-pyrrole nitrogens is 1. The van der Waals surface area contributed by atoms with Gasteiger partial charge in [0.25, 0.3) is 15.9 Å². The molecule has 8 nitrogen and oxygen atoms in total. The smallest absolute Gasteiger partial charge is 0.264 e. The van der Waals surface area contributed by atoms with Gasteiger partial charge in [-0.2, -0.15) is 4.98 Å². The normalized spacial score (nSPS) is 14.2. The Balaban J connectivity index is 1.75. The van der Waals surface area contributed by atoms with Gasteiger partial charge in [0.1, 0.15) is 4.90 Å². The summed E-state index contributed by atoms with van der Waals surface area (Å²) in [5.74, 6) is 0.944. The van der Waals surface area contributed by atoms with E-state index in [2.05, 4.69) is 19.8 Å². The fourth-order valence-electron chi connectivity index (χ4n) is 3.20. The highest BCUT2D eigenvalue weighted by atomic mass is 32.2. The number of carbonyl (C=O) groups is 1. The van der Waals surface area contributed by atoms with Crippen molar-refractivity contribution in [2.45, 2.75) is 44.4 Å². The molecule has 0 spiro atoms.